The van der Waals surface area contributed by atoms with Crippen LogP contribution in [0, 0.1) is 11.3 Å². The number of hydrogen-bond acceptors (Lipinski definition) is 4. The first-order valence-corrected chi connectivity index (χ1v) is 7.02. The highest BCUT2D eigenvalue weighted by atomic mass is 16.4. The van der Waals surface area contributed by atoms with Crippen LogP contribution in [-0.2, 0) is 4.79 Å². The topological polar surface area (TPSA) is 99.2 Å². The number of aliphatic hydroxyl groups excluding tert-OH is 1. The van der Waals surface area contributed by atoms with Crippen LogP contribution in [0.2, 0.25) is 0 Å². The molecule has 0 aromatic carbocycles. The Labute approximate surface area is 113 Å². The highest BCUT2D eigenvalue weighted by Gasteiger charge is 2.47. The van der Waals surface area contributed by atoms with Gasteiger partial charge in [0, 0.05) is 25.6 Å². The Kier molecular flexibility index (Phi) is 4.29. The maximum Gasteiger partial charge on any atom is 0.236 e. The van der Waals surface area contributed by atoms with Crippen LogP contribution in [0.4, 0.5) is 0 Å². The number of carbonyl (C=O) groups excluding carboxylic acids is 1. The molecule has 6 nitrogen and oxygen atoms in total. The maximum atomic E-state index is 12.8. The number of oxime groups is 1. The molecule has 1 saturated carbocycles. The molecule has 2 fully saturated rings. The van der Waals surface area contributed by atoms with E-state index < -0.39 is 5.41 Å². The first-order valence-electron chi connectivity index (χ1n) is 7.02. The Bertz CT molecular complexity index is 364. The molecule has 0 spiro atoms. The number of amides is 1. The molecule has 4 N–H and O–H groups in total. The van der Waals surface area contributed by atoms with Crippen molar-refractivity contribution in [3.05, 3.63) is 0 Å². The highest BCUT2D eigenvalue weighted by Crippen LogP contribution is 2.39. The van der Waals surface area contributed by atoms with Crippen molar-refractivity contribution in [3.63, 3.8) is 0 Å². The summed E-state index contributed by atoms with van der Waals surface area (Å²) in [6.45, 7) is 1.35. The number of carbonyl (C=O) groups is 1. The van der Waals surface area contributed by atoms with Gasteiger partial charge in [-0.3, -0.25) is 4.79 Å². The third kappa shape index (κ3) is 2.54. The van der Waals surface area contributed by atoms with Crippen LogP contribution in [0.5, 0.6) is 0 Å². The Morgan fingerprint density at radius 3 is 2.58 bits per heavy atom. The van der Waals surface area contributed by atoms with Crippen molar-refractivity contribution in [2.24, 2.45) is 22.2 Å². The smallest absolute Gasteiger partial charge is 0.236 e. The van der Waals surface area contributed by atoms with Crippen molar-refractivity contribution in [3.8, 4) is 0 Å². The largest absolute Gasteiger partial charge is 0.409 e. The average Bonchev–Trinajstić information content (AvgIpc) is 2.95. The molecule has 1 aliphatic heterocycles. The Morgan fingerprint density at radius 2 is 2.05 bits per heavy atom. The summed E-state index contributed by atoms with van der Waals surface area (Å²) in [7, 11) is 0. The van der Waals surface area contributed by atoms with Crippen molar-refractivity contribution < 1.29 is 15.1 Å². The van der Waals surface area contributed by atoms with E-state index in [9.17, 15) is 4.79 Å². The van der Waals surface area contributed by atoms with Gasteiger partial charge in [0.05, 0.1) is 0 Å². The quantitative estimate of drug-likeness (QED) is 0.301. The molecule has 2 rings (SSSR count). The molecule has 0 radical (unpaired) electrons. The molecule has 108 valence electrons. The molecule has 2 aliphatic rings. The molecule has 0 aromatic rings. The van der Waals surface area contributed by atoms with Gasteiger partial charge in [0.2, 0.25) is 5.91 Å². The normalized spacial score (nSPS) is 27.5. The van der Waals surface area contributed by atoms with Crippen LogP contribution in [0.25, 0.3) is 0 Å². The van der Waals surface area contributed by atoms with E-state index in [4.69, 9.17) is 16.0 Å². The van der Waals surface area contributed by atoms with Crippen LogP contribution in [-0.4, -0.2) is 46.7 Å². The fourth-order valence-corrected chi connectivity index (χ4v) is 3.30. The molecule has 19 heavy (non-hydrogen) atoms. The van der Waals surface area contributed by atoms with Gasteiger partial charge >= 0.3 is 0 Å². The minimum atomic E-state index is -0.822. The molecule has 1 atom stereocenters. The zero-order valence-electron chi connectivity index (χ0n) is 11.2. The first-order chi connectivity index (χ1) is 9.14. The standard InChI is InChI=1S/C13H23N3O3/c14-11(15-19)13(5-2-1-3-6-13)12(18)16-7-4-10(8-16)9-17/h10,17,19H,1-9H2,(H2,14,15). The number of hydrogen-bond donors (Lipinski definition) is 3. The van der Waals surface area contributed by atoms with E-state index in [1.54, 1.807) is 4.90 Å². The lowest BCUT2D eigenvalue weighted by atomic mass is 9.72. The number of amidine groups is 1. The van der Waals surface area contributed by atoms with Gasteiger partial charge in [-0.05, 0) is 19.3 Å². The molecular weight excluding hydrogens is 246 g/mol. The number of nitrogens with zero attached hydrogens (tertiary/aromatic N) is 2. The third-order valence-corrected chi connectivity index (χ3v) is 4.55. The van der Waals surface area contributed by atoms with Gasteiger partial charge in [0.15, 0.2) is 5.84 Å². The van der Waals surface area contributed by atoms with Gasteiger partial charge in [-0.15, -0.1) is 0 Å². The summed E-state index contributed by atoms with van der Waals surface area (Å²) < 4.78 is 0. The fraction of sp³-hybridized carbons (Fsp3) is 0.846. The summed E-state index contributed by atoms with van der Waals surface area (Å²) in [6, 6.07) is 0. The summed E-state index contributed by atoms with van der Waals surface area (Å²) in [5.41, 5.74) is 5.00. The van der Waals surface area contributed by atoms with Crippen LogP contribution in [0.15, 0.2) is 5.16 Å². The van der Waals surface area contributed by atoms with E-state index in [1.165, 1.54) is 0 Å². The summed E-state index contributed by atoms with van der Waals surface area (Å²) in [4.78, 5) is 14.5. The van der Waals surface area contributed by atoms with Crippen LogP contribution in [0.1, 0.15) is 38.5 Å². The minimum absolute atomic E-state index is 0.0292. The molecule has 6 heteroatoms. The van der Waals surface area contributed by atoms with E-state index >= 15 is 0 Å². The lowest BCUT2D eigenvalue weighted by Crippen LogP contribution is -2.52. The van der Waals surface area contributed by atoms with Crippen molar-refractivity contribution in [1.82, 2.24) is 4.90 Å². The van der Waals surface area contributed by atoms with Gasteiger partial charge in [-0.1, -0.05) is 24.4 Å². The van der Waals surface area contributed by atoms with Crippen LogP contribution in [0.3, 0.4) is 0 Å². The van der Waals surface area contributed by atoms with Crippen molar-refractivity contribution in [1.29, 1.82) is 0 Å². The molecule has 1 aliphatic carbocycles. The number of aliphatic hydroxyl groups is 1. The van der Waals surface area contributed by atoms with Gasteiger partial charge in [0.1, 0.15) is 5.41 Å². The first kappa shape index (κ1) is 14.1. The van der Waals surface area contributed by atoms with E-state index in [0.29, 0.717) is 25.9 Å². The monoisotopic (exact) mass is 269 g/mol. The average molecular weight is 269 g/mol. The zero-order chi connectivity index (χ0) is 13.9. The number of likely N-dealkylation sites (tertiary alicyclic amines) is 1. The van der Waals surface area contributed by atoms with Gasteiger partial charge < -0.3 is 20.9 Å². The molecule has 0 aromatic heterocycles. The van der Waals surface area contributed by atoms with Gasteiger partial charge in [-0.25, -0.2) is 0 Å². The summed E-state index contributed by atoms with van der Waals surface area (Å²) in [6.07, 6.45) is 5.09. The predicted molar refractivity (Wildman–Crippen MR) is 70.7 cm³/mol. The number of nitrogens with two attached hydrogens (primary N) is 1. The predicted octanol–water partition coefficient (Wildman–Crippen LogP) is 0.524. The fourth-order valence-electron chi connectivity index (χ4n) is 3.30. The van der Waals surface area contributed by atoms with Crippen LogP contribution < -0.4 is 5.73 Å². The molecule has 0 bridgehead atoms. The summed E-state index contributed by atoms with van der Waals surface area (Å²) >= 11 is 0. The SMILES string of the molecule is NC(=NO)C1(C(=O)N2CCC(CO)C2)CCCCC1. The van der Waals surface area contributed by atoms with E-state index in [1.807, 2.05) is 0 Å². The maximum absolute atomic E-state index is 12.8. The second-order valence-corrected chi connectivity index (χ2v) is 5.72. The second-order valence-electron chi connectivity index (χ2n) is 5.72. The second kappa shape index (κ2) is 5.77. The van der Waals surface area contributed by atoms with Crippen LogP contribution >= 0.6 is 0 Å². The van der Waals surface area contributed by atoms with Gasteiger partial charge in [-0.2, -0.15) is 0 Å². The molecule has 1 amide bonds. The molecule has 1 heterocycles. The lowest BCUT2D eigenvalue weighted by Gasteiger charge is -2.37. The summed E-state index contributed by atoms with van der Waals surface area (Å²) in [5, 5.41) is 21.3. The lowest BCUT2D eigenvalue weighted by molar-refractivity contribution is -0.139. The number of rotatable bonds is 3. The Hall–Kier alpha value is -1.30. The summed E-state index contributed by atoms with van der Waals surface area (Å²) in [5.74, 6) is 0.181. The third-order valence-electron chi connectivity index (χ3n) is 4.55. The zero-order valence-corrected chi connectivity index (χ0v) is 11.2. The highest BCUT2D eigenvalue weighted by molar-refractivity contribution is 6.06. The van der Waals surface area contributed by atoms with Crippen molar-refractivity contribution in [2.75, 3.05) is 19.7 Å². The Morgan fingerprint density at radius 1 is 1.37 bits per heavy atom. The molecule has 1 saturated heterocycles. The Balaban J connectivity index is 2.17. The van der Waals surface area contributed by atoms with Crippen molar-refractivity contribution >= 4 is 11.7 Å². The molecular formula is C13H23N3O3. The van der Waals surface area contributed by atoms with Crippen molar-refractivity contribution in [2.45, 2.75) is 38.5 Å². The van der Waals surface area contributed by atoms with E-state index in [-0.39, 0.29) is 24.3 Å². The van der Waals surface area contributed by atoms with Gasteiger partial charge in [0.25, 0.3) is 0 Å². The van der Waals surface area contributed by atoms with E-state index in [0.717, 1.165) is 25.7 Å². The minimum Gasteiger partial charge on any atom is -0.409 e. The molecule has 1 unspecified atom stereocenters. The van der Waals surface area contributed by atoms with E-state index in [2.05, 4.69) is 5.16 Å².